The van der Waals surface area contributed by atoms with Crippen molar-refractivity contribution in [3.63, 3.8) is 0 Å². The zero-order valence-electron chi connectivity index (χ0n) is 16.4. The Hall–Kier alpha value is -1.79. The minimum absolute atomic E-state index is 0.0141. The number of amides is 1. The number of hydrogen-bond donors (Lipinski definition) is 4. The van der Waals surface area contributed by atoms with Crippen LogP contribution in [0.2, 0.25) is 0 Å². The molecule has 156 valence electrons. The number of ether oxygens (including phenoxy) is 1. The van der Waals surface area contributed by atoms with Gasteiger partial charge in [0.05, 0.1) is 17.7 Å². The minimum atomic E-state index is -2.62. The summed E-state index contributed by atoms with van der Waals surface area (Å²) in [5.41, 5.74) is 0.231. The highest BCUT2D eigenvalue weighted by Gasteiger charge is 2.50. The van der Waals surface area contributed by atoms with Gasteiger partial charge in [0.2, 0.25) is 5.91 Å². The summed E-state index contributed by atoms with van der Waals surface area (Å²) < 4.78 is 11.4. The molecule has 28 heavy (non-hydrogen) atoms. The molecule has 0 aromatic heterocycles. The van der Waals surface area contributed by atoms with E-state index >= 15 is 0 Å². The molecule has 2 atom stereocenters. The van der Waals surface area contributed by atoms with Gasteiger partial charge in [-0.2, -0.15) is 5.26 Å². The van der Waals surface area contributed by atoms with Crippen molar-refractivity contribution in [2.24, 2.45) is 0 Å². The van der Waals surface area contributed by atoms with Gasteiger partial charge >= 0.3 is 8.60 Å². The number of hydrogen-bond acceptors (Lipinski definition) is 8. The van der Waals surface area contributed by atoms with Crippen molar-refractivity contribution in [2.75, 3.05) is 20.8 Å². The van der Waals surface area contributed by atoms with E-state index in [4.69, 9.17) is 19.5 Å². The zero-order chi connectivity index (χ0) is 21.5. The maximum absolute atomic E-state index is 12.3. The molecule has 0 aliphatic carbocycles. The first-order valence-electron chi connectivity index (χ1n) is 8.60. The van der Waals surface area contributed by atoms with Crippen molar-refractivity contribution in [1.29, 1.82) is 5.26 Å². The van der Waals surface area contributed by atoms with Crippen molar-refractivity contribution >= 4 is 14.5 Å². The minimum Gasteiger partial charge on any atom is -0.485 e. The van der Waals surface area contributed by atoms with Crippen LogP contribution in [0, 0.1) is 11.3 Å². The van der Waals surface area contributed by atoms with Gasteiger partial charge in [0.15, 0.2) is 0 Å². The van der Waals surface area contributed by atoms with Crippen LogP contribution in [0.15, 0.2) is 18.2 Å². The molecule has 3 rings (SSSR count). The van der Waals surface area contributed by atoms with Gasteiger partial charge in [0, 0.05) is 32.7 Å². The molecule has 0 spiro atoms. The molecule has 4 N–H and O–H groups in total. The Morgan fingerprint density at radius 1 is 1.29 bits per heavy atom. The van der Waals surface area contributed by atoms with Crippen LogP contribution in [-0.2, 0) is 9.32 Å². The summed E-state index contributed by atoms with van der Waals surface area (Å²) in [5, 5.41) is 23.2. The van der Waals surface area contributed by atoms with Crippen LogP contribution in [0.5, 0.6) is 5.75 Å². The predicted octanol–water partition coefficient (Wildman–Crippen LogP) is 1.21. The second-order valence-corrected chi connectivity index (χ2v) is 7.20. The van der Waals surface area contributed by atoms with E-state index in [0.717, 1.165) is 20.6 Å². The lowest BCUT2D eigenvalue weighted by atomic mass is 9.85. The molecule has 0 bridgehead atoms. The number of nitrogens with zero attached hydrogens (tertiary/aromatic N) is 2. The van der Waals surface area contributed by atoms with Crippen molar-refractivity contribution in [2.45, 2.75) is 44.4 Å². The molecule has 1 aromatic rings. The molecule has 0 saturated carbocycles. The third kappa shape index (κ3) is 5.17. The van der Waals surface area contributed by atoms with Gasteiger partial charge in [-0.3, -0.25) is 4.79 Å². The number of fused-ring (bicyclic) bond motifs is 1. The fourth-order valence-corrected chi connectivity index (χ4v) is 3.98. The summed E-state index contributed by atoms with van der Waals surface area (Å²) in [6.45, 7) is 4.13. The summed E-state index contributed by atoms with van der Waals surface area (Å²) in [5.74, 6) is 0.559. The van der Waals surface area contributed by atoms with Crippen LogP contribution in [0.4, 0.5) is 0 Å². The number of carbonyl (C=O) groups is 1. The standard InChI is InChI=1S/C16H19N2O5P.2CH4O/c1-16(2)15(23-24(20)21)14(18-7-3-4-13(18)19)11-8-10(9-17)5-6-12(11)22-16;2*1-2/h5-6,8,14-15,20-21H,3-4,7H2,1-2H3;2*2H,1H3. The third-order valence-electron chi connectivity index (χ3n) is 4.46. The van der Waals surface area contributed by atoms with Gasteiger partial charge in [-0.05, 0) is 38.5 Å². The van der Waals surface area contributed by atoms with E-state index < -0.39 is 26.3 Å². The molecule has 9 nitrogen and oxygen atoms in total. The molecular weight excluding hydrogens is 387 g/mol. The number of carbonyl (C=O) groups excluding carboxylic acids is 1. The van der Waals surface area contributed by atoms with E-state index in [9.17, 15) is 19.8 Å². The van der Waals surface area contributed by atoms with Gasteiger partial charge in [0.1, 0.15) is 17.5 Å². The molecular formula is C18H27N2O7P. The number of benzene rings is 1. The Balaban J connectivity index is 0.000000921. The van der Waals surface area contributed by atoms with Gasteiger partial charge in [0.25, 0.3) is 0 Å². The maximum atomic E-state index is 12.3. The Morgan fingerprint density at radius 2 is 1.93 bits per heavy atom. The monoisotopic (exact) mass is 414 g/mol. The summed E-state index contributed by atoms with van der Waals surface area (Å²) >= 11 is 0. The average Bonchev–Trinajstić information content (AvgIpc) is 3.10. The van der Waals surface area contributed by atoms with E-state index in [1.165, 1.54) is 0 Å². The highest BCUT2D eigenvalue weighted by atomic mass is 31.2. The number of aliphatic hydroxyl groups is 2. The first kappa shape index (κ1) is 24.2. The second kappa shape index (κ2) is 10.7. The van der Waals surface area contributed by atoms with E-state index in [1.807, 2.05) is 0 Å². The predicted molar refractivity (Wildman–Crippen MR) is 102 cm³/mol. The largest absolute Gasteiger partial charge is 0.485 e. The van der Waals surface area contributed by atoms with Crippen molar-refractivity contribution < 1.29 is 34.1 Å². The van der Waals surface area contributed by atoms with E-state index in [0.29, 0.717) is 29.8 Å². The molecule has 2 heterocycles. The lowest BCUT2D eigenvalue weighted by molar-refractivity contribution is -0.138. The Morgan fingerprint density at radius 3 is 2.43 bits per heavy atom. The van der Waals surface area contributed by atoms with Crippen molar-refractivity contribution in [1.82, 2.24) is 4.90 Å². The first-order valence-corrected chi connectivity index (χ1v) is 9.76. The topological polar surface area (TPSA) is 143 Å². The fourth-order valence-electron chi connectivity index (χ4n) is 3.41. The highest BCUT2D eigenvalue weighted by molar-refractivity contribution is 7.39. The molecule has 1 fully saturated rings. The lowest BCUT2D eigenvalue weighted by Crippen LogP contribution is -2.54. The van der Waals surface area contributed by atoms with Crippen LogP contribution in [0.25, 0.3) is 0 Å². The van der Waals surface area contributed by atoms with E-state index in [-0.39, 0.29) is 5.91 Å². The van der Waals surface area contributed by atoms with Crippen LogP contribution >= 0.6 is 8.60 Å². The number of aliphatic hydroxyl groups excluding tert-OH is 2. The molecule has 1 amide bonds. The molecule has 2 aliphatic rings. The SMILES string of the molecule is CC1(C)Oc2ccc(C#N)cc2C(N2CCCC2=O)C1OP(O)O.CO.CO. The molecule has 10 heteroatoms. The molecule has 2 unspecified atom stereocenters. The molecule has 1 saturated heterocycles. The average molecular weight is 414 g/mol. The summed E-state index contributed by atoms with van der Waals surface area (Å²) in [6, 6.07) is 6.59. The van der Waals surface area contributed by atoms with Crippen LogP contribution in [0.3, 0.4) is 0 Å². The lowest BCUT2D eigenvalue weighted by Gasteiger charge is -2.47. The number of nitriles is 1. The zero-order valence-corrected chi connectivity index (χ0v) is 17.3. The third-order valence-corrected chi connectivity index (χ3v) is 4.87. The molecule has 2 aliphatic heterocycles. The van der Waals surface area contributed by atoms with Crippen LogP contribution < -0.4 is 4.74 Å². The van der Waals surface area contributed by atoms with Gasteiger partial charge < -0.3 is 34.2 Å². The van der Waals surface area contributed by atoms with E-state index in [2.05, 4.69) is 6.07 Å². The Kier molecular flexibility index (Phi) is 9.24. The van der Waals surface area contributed by atoms with E-state index in [1.54, 1.807) is 36.9 Å². The number of likely N-dealkylation sites (tertiary alicyclic amines) is 1. The quantitative estimate of drug-likeness (QED) is 0.541. The highest BCUT2D eigenvalue weighted by Crippen LogP contribution is 2.48. The maximum Gasteiger partial charge on any atom is 0.327 e. The fraction of sp³-hybridized carbons (Fsp3) is 0.556. The van der Waals surface area contributed by atoms with Gasteiger partial charge in [-0.25, -0.2) is 0 Å². The number of rotatable bonds is 3. The molecule has 1 aromatic carbocycles. The summed E-state index contributed by atoms with van der Waals surface area (Å²) in [4.78, 5) is 32.8. The Labute approximate surface area is 165 Å². The first-order chi connectivity index (χ1) is 13.3. The smallest absolute Gasteiger partial charge is 0.327 e. The normalized spacial score (nSPS) is 22.1. The Bertz CT molecular complexity index is 706. The van der Waals surface area contributed by atoms with Crippen molar-refractivity contribution in [3.8, 4) is 11.8 Å². The van der Waals surface area contributed by atoms with Crippen LogP contribution in [0.1, 0.15) is 43.9 Å². The van der Waals surface area contributed by atoms with Crippen LogP contribution in [-0.4, -0.2) is 63.3 Å². The van der Waals surface area contributed by atoms with Gasteiger partial charge in [-0.1, -0.05) is 0 Å². The second-order valence-electron chi connectivity index (χ2n) is 6.48. The molecule has 0 radical (unpaired) electrons. The van der Waals surface area contributed by atoms with Gasteiger partial charge in [-0.15, -0.1) is 0 Å². The van der Waals surface area contributed by atoms with Crippen molar-refractivity contribution in [3.05, 3.63) is 29.3 Å². The summed E-state index contributed by atoms with van der Waals surface area (Å²) in [7, 11) is -0.621. The summed E-state index contributed by atoms with van der Waals surface area (Å²) in [6.07, 6.45) is 0.427.